The zero-order chi connectivity index (χ0) is 27.7. The van der Waals surface area contributed by atoms with Crippen molar-refractivity contribution in [2.45, 2.75) is 101 Å². The number of sulfonamides is 1. The van der Waals surface area contributed by atoms with Crippen molar-refractivity contribution >= 4 is 43.7 Å². The van der Waals surface area contributed by atoms with Gasteiger partial charge in [0.15, 0.2) is 0 Å². The summed E-state index contributed by atoms with van der Waals surface area (Å²) in [5.41, 5.74) is 1.71. The number of hydrogen-bond acceptors (Lipinski definition) is 4. The highest BCUT2D eigenvalue weighted by molar-refractivity contribution is 9.10. The van der Waals surface area contributed by atoms with Gasteiger partial charge in [0.05, 0.1) is 16.9 Å². The lowest BCUT2D eigenvalue weighted by Gasteiger charge is -2.31. The van der Waals surface area contributed by atoms with Gasteiger partial charge in [-0.2, -0.15) is 16.1 Å². The van der Waals surface area contributed by atoms with E-state index < -0.39 is 28.0 Å². The smallest absolute Gasteiger partial charge is 0.309 e. The van der Waals surface area contributed by atoms with Gasteiger partial charge in [-0.15, -0.1) is 0 Å². The third-order valence-corrected chi connectivity index (χ3v) is 11.4. The minimum absolute atomic E-state index is 0.224. The molecule has 0 bridgehead atoms. The summed E-state index contributed by atoms with van der Waals surface area (Å²) in [4.78, 5) is 13.2. The first-order valence-corrected chi connectivity index (χ1v) is 17.2. The summed E-state index contributed by atoms with van der Waals surface area (Å²) in [7, 11) is -3.95. The summed E-state index contributed by atoms with van der Waals surface area (Å²) in [5, 5.41) is 10.3. The van der Waals surface area contributed by atoms with Crippen molar-refractivity contribution in [3.8, 4) is 0 Å². The molecule has 2 aromatic carbocycles. The van der Waals surface area contributed by atoms with E-state index in [0.29, 0.717) is 6.42 Å². The van der Waals surface area contributed by atoms with E-state index in [9.17, 15) is 18.3 Å². The Kier molecular flexibility index (Phi) is 12.2. The first kappa shape index (κ1) is 31.2. The molecule has 0 unspecified atom stereocenters. The fourth-order valence-electron chi connectivity index (χ4n) is 5.41. The number of aryl methyl sites for hydroxylation is 1. The predicted molar refractivity (Wildman–Crippen MR) is 161 cm³/mol. The van der Waals surface area contributed by atoms with Gasteiger partial charge in [0, 0.05) is 15.8 Å². The van der Waals surface area contributed by atoms with Gasteiger partial charge in [0.2, 0.25) is 10.0 Å². The molecule has 0 aliphatic carbocycles. The fraction of sp³-hybridized carbons (Fsp3) is 0.567. The normalized spacial score (nSPS) is 22.1. The number of halogens is 1. The highest BCUT2D eigenvalue weighted by Crippen LogP contribution is 2.50. The summed E-state index contributed by atoms with van der Waals surface area (Å²) in [6.07, 6.45) is 9.15. The molecule has 4 atom stereocenters. The third kappa shape index (κ3) is 7.64. The van der Waals surface area contributed by atoms with E-state index in [0.717, 1.165) is 72.7 Å². The molecule has 0 spiro atoms. The lowest BCUT2D eigenvalue weighted by Crippen LogP contribution is -2.40. The van der Waals surface area contributed by atoms with Gasteiger partial charge < -0.3 is 5.11 Å². The molecular formula is C30H42BrNO4S2. The number of thioether (sulfide) groups is 1. The van der Waals surface area contributed by atoms with Crippen molar-refractivity contribution < 1.29 is 18.3 Å². The standard InChI is InChI=1S/C30H42BrNO4S2/c1-4-6-8-10-12-26-29(37-21-11-9-7-5-2)27(30(33)34)28(23-15-17-24(31)18-16-23)32(26)38(35,36)25-19-13-22(3)14-20-25/h13-20,26-29H,4-12,21H2,1-3H3,(H,33,34)/t26-,27+,28+,29-/m1/s1. The molecule has 1 saturated heterocycles. The predicted octanol–water partition coefficient (Wildman–Crippen LogP) is 8.23. The van der Waals surface area contributed by atoms with Crippen LogP contribution in [0, 0.1) is 12.8 Å². The molecule has 0 saturated carbocycles. The van der Waals surface area contributed by atoms with Crippen LogP contribution in [0.2, 0.25) is 0 Å². The molecule has 8 heteroatoms. The van der Waals surface area contributed by atoms with Gasteiger partial charge in [0.25, 0.3) is 0 Å². The van der Waals surface area contributed by atoms with Gasteiger partial charge in [0.1, 0.15) is 0 Å². The van der Waals surface area contributed by atoms with Crippen LogP contribution in [0.1, 0.15) is 88.8 Å². The summed E-state index contributed by atoms with van der Waals surface area (Å²) in [6, 6.07) is 13.2. The average Bonchev–Trinajstić information content (AvgIpc) is 3.22. The molecule has 2 aromatic rings. The van der Waals surface area contributed by atoms with Crippen LogP contribution in [-0.2, 0) is 14.8 Å². The second kappa shape index (κ2) is 14.9. The molecule has 3 rings (SSSR count). The molecule has 0 amide bonds. The van der Waals surface area contributed by atoms with Crippen LogP contribution in [0.25, 0.3) is 0 Å². The first-order chi connectivity index (χ1) is 18.2. The van der Waals surface area contributed by atoms with Gasteiger partial charge in [-0.05, 0) is 55.3 Å². The lowest BCUT2D eigenvalue weighted by atomic mass is 9.92. The number of hydrogen-bond donors (Lipinski definition) is 1. The Hall–Kier alpha value is -1.35. The number of rotatable bonds is 15. The number of benzene rings is 2. The molecule has 1 fully saturated rings. The van der Waals surface area contributed by atoms with E-state index >= 15 is 0 Å². The summed E-state index contributed by atoms with van der Waals surface area (Å²) in [5.74, 6) is -0.918. The van der Waals surface area contributed by atoms with Crippen molar-refractivity contribution in [3.05, 3.63) is 64.1 Å². The minimum atomic E-state index is -3.95. The van der Waals surface area contributed by atoms with E-state index in [1.165, 1.54) is 0 Å². The van der Waals surface area contributed by atoms with E-state index in [1.807, 2.05) is 43.3 Å². The maximum atomic E-state index is 14.3. The SMILES string of the molecule is CCCCCCS[C@H]1[C@@H](C(=O)O)[C@H](c2ccc(Br)cc2)N(S(=O)(=O)c2ccc(C)cc2)[C@@H]1CCCCCC. The molecule has 1 N–H and O–H groups in total. The molecule has 0 radical (unpaired) electrons. The fourth-order valence-corrected chi connectivity index (χ4v) is 9.23. The summed E-state index contributed by atoms with van der Waals surface area (Å²) < 4.78 is 31.1. The zero-order valence-corrected chi connectivity index (χ0v) is 26.0. The second-order valence-corrected chi connectivity index (χ2v) is 14.4. The lowest BCUT2D eigenvalue weighted by molar-refractivity contribution is -0.142. The number of carboxylic acid groups (broad SMARTS) is 1. The third-order valence-electron chi connectivity index (χ3n) is 7.43. The largest absolute Gasteiger partial charge is 0.481 e. The molecular weight excluding hydrogens is 582 g/mol. The molecule has 1 aliphatic heterocycles. The van der Waals surface area contributed by atoms with Crippen LogP contribution >= 0.6 is 27.7 Å². The van der Waals surface area contributed by atoms with Crippen molar-refractivity contribution in [1.82, 2.24) is 4.31 Å². The van der Waals surface area contributed by atoms with Crippen LogP contribution in [0.15, 0.2) is 57.9 Å². The number of nitrogens with zero attached hydrogens (tertiary/aromatic N) is 1. The Morgan fingerprint density at radius 2 is 1.53 bits per heavy atom. The van der Waals surface area contributed by atoms with E-state index in [1.54, 1.807) is 28.2 Å². The molecule has 1 aliphatic rings. The monoisotopic (exact) mass is 623 g/mol. The van der Waals surface area contributed by atoms with Crippen LogP contribution in [0.4, 0.5) is 0 Å². The second-order valence-electron chi connectivity index (χ2n) is 10.3. The van der Waals surface area contributed by atoms with E-state index in [-0.39, 0.29) is 16.2 Å². The van der Waals surface area contributed by atoms with Crippen LogP contribution in [0.3, 0.4) is 0 Å². The van der Waals surface area contributed by atoms with Crippen LogP contribution in [-0.4, -0.2) is 40.8 Å². The van der Waals surface area contributed by atoms with Gasteiger partial charge in [-0.25, -0.2) is 8.42 Å². The number of carbonyl (C=O) groups is 1. The van der Waals surface area contributed by atoms with Gasteiger partial charge >= 0.3 is 5.97 Å². The van der Waals surface area contributed by atoms with Crippen molar-refractivity contribution in [2.24, 2.45) is 5.92 Å². The minimum Gasteiger partial charge on any atom is -0.481 e. The Morgan fingerprint density at radius 3 is 2.11 bits per heavy atom. The van der Waals surface area contributed by atoms with Crippen LogP contribution < -0.4 is 0 Å². The maximum Gasteiger partial charge on any atom is 0.309 e. The average molecular weight is 625 g/mol. The quantitative estimate of drug-likeness (QED) is 0.202. The maximum absolute atomic E-state index is 14.3. The Labute approximate surface area is 242 Å². The molecule has 1 heterocycles. The number of carboxylic acids is 1. The number of unbranched alkanes of at least 4 members (excludes halogenated alkanes) is 6. The van der Waals surface area contributed by atoms with Crippen molar-refractivity contribution in [2.75, 3.05) is 5.75 Å². The van der Waals surface area contributed by atoms with Crippen molar-refractivity contribution in [3.63, 3.8) is 0 Å². The molecule has 5 nitrogen and oxygen atoms in total. The van der Waals surface area contributed by atoms with Crippen LogP contribution in [0.5, 0.6) is 0 Å². The molecule has 210 valence electrons. The molecule has 0 aromatic heterocycles. The van der Waals surface area contributed by atoms with Gasteiger partial charge in [-0.3, -0.25) is 4.79 Å². The Balaban J connectivity index is 2.11. The highest BCUT2D eigenvalue weighted by atomic mass is 79.9. The van der Waals surface area contributed by atoms with Crippen molar-refractivity contribution in [1.29, 1.82) is 0 Å². The molecule has 38 heavy (non-hydrogen) atoms. The van der Waals surface area contributed by atoms with Gasteiger partial charge in [-0.1, -0.05) is 105 Å². The van der Waals surface area contributed by atoms with E-state index in [4.69, 9.17) is 0 Å². The topological polar surface area (TPSA) is 74.7 Å². The Morgan fingerprint density at radius 1 is 0.921 bits per heavy atom. The summed E-state index contributed by atoms with van der Waals surface area (Å²) in [6.45, 7) is 6.26. The highest BCUT2D eigenvalue weighted by Gasteiger charge is 2.57. The number of aliphatic carboxylic acids is 1. The zero-order valence-electron chi connectivity index (χ0n) is 22.8. The summed E-state index contributed by atoms with van der Waals surface area (Å²) >= 11 is 5.14. The Bertz CT molecular complexity index is 1120. The van der Waals surface area contributed by atoms with E-state index in [2.05, 4.69) is 29.8 Å². The first-order valence-electron chi connectivity index (χ1n) is 13.9.